The summed E-state index contributed by atoms with van der Waals surface area (Å²) in [5, 5.41) is 3.12. The van der Waals surface area contributed by atoms with E-state index in [0.717, 1.165) is 29.7 Å². The molecule has 2 aromatic rings. The third-order valence-corrected chi connectivity index (χ3v) is 8.47. The molecule has 3 rings (SSSR count). The molecule has 2 aromatic carbocycles. The predicted molar refractivity (Wildman–Crippen MR) is 184 cm³/mol. The fraction of sp³-hybridized carbons (Fsp3) is 0.568. The summed E-state index contributed by atoms with van der Waals surface area (Å²) in [6.07, 6.45) is 14.9. The quantitative estimate of drug-likeness (QED) is 0.0875. The first kappa shape index (κ1) is 37.1. The van der Waals surface area contributed by atoms with Crippen LogP contribution in [0.1, 0.15) is 110 Å². The van der Waals surface area contributed by atoms with Crippen LogP contribution in [0.4, 0.5) is 10.5 Å². The van der Waals surface area contributed by atoms with Crippen LogP contribution in [0.2, 0.25) is 5.02 Å². The number of nitrogens with zero attached hydrogens (tertiary/aromatic N) is 2. The molecule has 1 unspecified atom stereocenters. The number of Topliss-reactive ketones (excluding diaryl/α,β-unsaturated/α-hetero) is 1. The van der Waals surface area contributed by atoms with Gasteiger partial charge in [-0.05, 0) is 30.2 Å². The van der Waals surface area contributed by atoms with E-state index in [4.69, 9.17) is 16.3 Å². The molecule has 0 aliphatic carbocycles. The maximum absolute atomic E-state index is 13.8. The number of carbonyl (C=O) groups is 4. The molecule has 1 aliphatic rings. The van der Waals surface area contributed by atoms with Gasteiger partial charge in [0.2, 0.25) is 0 Å². The third kappa shape index (κ3) is 11.4. The van der Waals surface area contributed by atoms with Gasteiger partial charge in [-0.15, -0.1) is 0 Å². The lowest BCUT2D eigenvalue weighted by Gasteiger charge is -2.29. The minimum Gasteiger partial charge on any atom is -0.491 e. The average molecular weight is 654 g/mol. The van der Waals surface area contributed by atoms with Crippen molar-refractivity contribution in [3.8, 4) is 5.75 Å². The summed E-state index contributed by atoms with van der Waals surface area (Å²) in [5.41, 5.74) is 0.114. The van der Waals surface area contributed by atoms with E-state index in [1.807, 2.05) is 30.3 Å². The lowest BCUT2D eigenvalue weighted by molar-refractivity contribution is -0.143. The Kier molecular flexibility index (Phi) is 15.1. The highest BCUT2D eigenvalue weighted by atomic mass is 35.5. The molecular formula is C37H52ClN3O5. The van der Waals surface area contributed by atoms with Gasteiger partial charge >= 0.3 is 6.03 Å². The Balaban J connectivity index is 1.59. The number of unbranched alkanes of at least 4 members (excludes halogenated alkanes) is 11. The van der Waals surface area contributed by atoms with E-state index in [2.05, 4.69) is 12.2 Å². The van der Waals surface area contributed by atoms with E-state index in [1.54, 1.807) is 39.0 Å². The van der Waals surface area contributed by atoms with Crippen molar-refractivity contribution in [3.63, 3.8) is 0 Å². The Labute approximate surface area is 280 Å². The maximum Gasteiger partial charge on any atom is 0.328 e. The Hall–Kier alpha value is -3.39. The Morgan fingerprint density at radius 2 is 1.46 bits per heavy atom. The standard InChI is InChI=1S/C37H52ClN3O5/c1-5-6-7-8-9-10-11-12-13-14-15-19-24-46-31-23-22-29(38)25-30(31)39-35(44)33(34(43)37(2,3)4)41-32(42)27-40(36(41)45)26-28-20-17-16-18-21-28/h16-18,20-23,25,33H,5-15,19,24,26-27H2,1-4H3,(H,39,44). The van der Waals surface area contributed by atoms with Gasteiger partial charge in [0.15, 0.2) is 11.8 Å². The summed E-state index contributed by atoms with van der Waals surface area (Å²) < 4.78 is 6.03. The molecule has 46 heavy (non-hydrogen) atoms. The van der Waals surface area contributed by atoms with Crippen LogP contribution >= 0.6 is 11.6 Å². The third-order valence-electron chi connectivity index (χ3n) is 8.24. The molecule has 0 radical (unpaired) electrons. The number of carbonyl (C=O) groups excluding carboxylic acids is 4. The number of rotatable bonds is 20. The first-order chi connectivity index (χ1) is 22.0. The second kappa shape index (κ2) is 18.7. The first-order valence-corrected chi connectivity index (χ1v) is 17.3. The number of urea groups is 1. The van der Waals surface area contributed by atoms with Crippen molar-refractivity contribution in [2.45, 2.75) is 117 Å². The largest absolute Gasteiger partial charge is 0.491 e. The van der Waals surface area contributed by atoms with Crippen molar-refractivity contribution in [1.29, 1.82) is 0 Å². The van der Waals surface area contributed by atoms with E-state index >= 15 is 0 Å². The number of imide groups is 1. The minimum atomic E-state index is -1.65. The van der Waals surface area contributed by atoms with Crippen molar-refractivity contribution in [1.82, 2.24) is 9.80 Å². The van der Waals surface area contributed by atoms with Gasteiger partial charge in [-0.1, -0.05) is 140 Å². The lowest BCUT2D eigenvalue weighted by atomic mass is 9.85. The summed E-state index contributed by atoms with van der Waals surface area (Å²) in [7, 11) is 0. The van der Waals surface area contributed by atoms with Gasteiger partial charge in [-0.2, -0.15) is 0 Å². The molecule has 1 atom stereocenters. The molecule has 0 bridgehead atoms. The fourth-order valence-corrected chi connectivity index (χ4v) is 5.74. The smallest absolute Gasteiger partial charge is 0.328 e. The number of ketones is 1. The Bertz CT molecular complexity index is 1290. The van der Waals surface area contributed by atoms with E-state index in [1.165, 1.54) is 62.7 Å². The molecule has 1 aliphatic heterocycles. The number of benzene rings is 2. The number of hydrogen-bond acceptors (Lipinski definition) is 5. The van der Waals surface area contributed by atoms with Gasteiger partial charge in [0.05, 0.1) is 12.3 Å². The monoisotopic (exact) mass is 653 g/mol. The normalized spacial score (nSPS) is 14.1. The number of nitrogens with one attached hydrogen (secondary N) is 1. The van der Waals surface area contributed by atoms with E-state index in [-0.39, 0.29) is 18.8 Å². The molecule has 0 saturated carbocycles. The van der Waals surface area contributed by atoms with E-state index < -0.39 is 35.1 Å². The van der Waals surface area contributed by atoms with Crippen LogP contribution in [0.25, 0.3) is 0 Å². The number of ether oxygens (including phenoxy) is 1. The lowest BCUT2D eigenvalue weighted by Crippen LogP contribution is -2.55. The van der Waals surface area contributed by atoms with E-state index in [9.17, 15) is 19.2 Å². The predicted octanol–water partition coefficient (Wildman–Crippen LogP) is 8.81. The molecule has 1 fully saturated rings. The molecule has 1 N–H and O–H groups in total. The van der Waals surface area contributed by atoms with Crippen LogP contribution in [0.3, 0.4) is 0 Å². The Morgan fingerprint density at radius 3 is 2.04 bits per heavy atom. The zero-order valence-electron chi connectivity index (χ0n) is 28.1. The van der Waals surface area contributed by atoms with Crippen LogP contribution in [-0.2, 0) is 20.9 Å². The second-order valence-corrected chi connectivity index (χ2v) is 13.7. The van der Waals surface area contributed by atoms with Crippen LogP contribution < -0.4 is 10.1 Å². The molecule has 4 amide bonds. The molecular weight excluding hydrogens is 602 g/mol. The Morgan fingerprint density at radius 1 is 0.870 bits per heavy atom. The van der Waals surface area contributed by atoms with Gasteiger partial charge in [-0.3, -0.25) is 14.4 Å². The van der Waals surface area contributed by atoms with Crippen molar-refractivity contribution < 1.29 is 23.9 Å². The van der Waals surface area contributed by atoms with Gasteiger partial charge in [0, 0.05) is 17.0 Å². The number of hydrogen-bond donors (Lipinski definition) is 1. The van der Waals surface area contributed by atoms with Gasteiger partial charge < -0.3 is 15.0 Å². The van der Waals surface area contributed by atoms with Crippen molar-refractivity contribution in [2.75, 3.05) is 18.5 Å². The summed E-state index contributed by atoms with van der Waals surface area (Å²) in [6.45, 7) is 7.64. The topological polar surface area (TPSA) is 96.0 Å². The van der Waals surface area contributed by atoms with Crippen LogP contribution in [0.15, 0.2) is 48.5 Å². The van der Waals surface area contributed by atoms with E-state index in [0.29, 0.717) is 17.4 Å². The summed E-state index contributed by atoms with van der Waals surface area (Å²) in [5.74, 6) is -1.53. The van der Waals surface area contributed by atoms with Crippen LogP contribution in [0.5, 0.6) is 5.75 Å². The first-order valence-electron chi connectivity index (χ1n) is 17.0. The SMILES string of the molecule is CCCCCCCCCCCCCCOc1ccc(Cl)cc1NC(=O)C(C(=O)C(C)(C)C)N1C(=O)CN(Cc2ccccc2)C1=O. The molecule has 0 spiro atoms. The highest BCUT2D eigenvalue weighted by Crippen LogP contribution is 2.31. The molecule has 252 valence electrons. The van der Waals surface area contributed by atoms with Crippen molar-refractivity contribution in [3.05, 3.63) is 59.1 Å². The van der Waals surface area contributed by atoms with Gasteiger partial charge in [-0.25, -0.2) is 9.69 Å². The zero-order chi connectivity index (χ0) is 33.5. The molecule has 0 aromatic heterocycles. The fourth-order valence-electron chi connectivity index (χ4n) is 5.56. The zero-order valence-corrected chi connectivity index (χ0v) is 28.9. The van der Waals surface area contributed by atoms with Gasteiger partial charge in [0.1, 0.15) is 12.3 Å². The molecule has 1 saturated heterocycles. The van der Waals surface area contributed by atoms with Crippen molar-refractivity contribution in [2.24, 2.45) is 5.41 Å². The summed E-state index contributed by atoms with van der Waals surface area (Å²) in [4.78, 5) is 56.2. The number of halogens is 1. The second-order valence-electron chi connectivity index (χ2n) is 13.3. The number of anilines is 1. The van der Waals surface area contributed by atoms with Crippen LogP contribution in [0, 0.1) is 5.41 Å². The highest BCUT2D eigenvalue weighted by molar-refractivity contribution is 6.31. The summed E-state index contributed by atoms with van der Waals surface area (Å²) in [6, 6.07) is 11.8. The summed E-state index contributed by atoms with van der Waals surface area (Å²) >= 11 is 6.27. The van der Waals surface area contributed by atoms with Crippen LogP contribution in [-0.4, -0.2) is 52.6 Å². The highest BCUT2D eigenvalue weighted by Gasteiger charge is 2.49. The van der Waals surface area contributed by atoms with Crippen molar-refractivity contribution >= 4 is 40.9 Å². The number of amides is 4. The molecule has 1 heterocycles. The maximum atomic E-state index is 13.8. The van der Waals surface area contributed by atoms with Gasteiger partial charge in [0.25, 0.3) is 11.8 Å². The molecule has 8 nitrogen and oxygen atoms in total. The average Bonchev–Trinajstić information content (AvgIpc) is 3.28. The minimum absolute atomic E-state index is 0.186. The molecule has 9 heteroatoms.